The zero-order chi connectivity index (χ0) is 26.3. The molecule has 0 bridgehead atoms. The summed E-state index contributed by atoms with van der Waals surface area (Å²) in [4.78, 5) is 0. The summed E-state index contributed by atoms with van der Waals surface area (Å²) in [7, 11) is 0. The van der Waals surface area contributed by atoms with Crippen LogP contribution in [0.1, 0.15) is 83.1 Å². The topological polar surface area (TPSA) is 9.23 Å². The Morgan fingerprint density at radius 1 is 0.811 bits per heavy atom. The van der Waals surface area contributed by atoms with Gasteiger partial charge in [0.25, 0.3) is 0 Å². The summed E-state index contributed by atoms with van der Waals surface area (Å²) in [6.45, 7) is 4.40. The molecule has 1 aliphatic carbocycles. The van der Waals surface area contributed by atoms with Gasteiger partial charge in [-0.2, -0.15) is 0 Å². The van der Waals surface area contributed by atoms with E-state index >= 15 is 0 Å². The van der Waals surface area contributed by atoms with E-state index in [0.29, 0.717) is 23.0 Å². The maximum Gasteiger partial charge on any atom is 0.573 e. The molecule has 1 saturated carbocycles. The first-order valence-electron chi connectivity index (χ1n) is 13.9. The minimum Gasteiger partial charge on any atom is -0.405 e. The molecule has 0 heterocycles. The monoisotopic (exact) mass is 508 g/mol. The van der Waals surface area contributed by atoms with Gasteiger partial charge in [-0.3, -0.25) is 0 Å². The van der Waals surface area contributed by atoms with Crippen LogP contribution >= 0.6 is 0 Å². The molecular weight excluding hydrogens is 469 g/mol. The fraction of sp³-hybridized carbons (Fsp3) is 0.455. The number of alkyl halides is 3. The normalized spacial score (nSPS) is 18.9. The second kappa shape index (κ2) is 12.7. The molecule has 0 amide bonds. The molecular formula is C33H39F3O. The van der Waals surface area contributed by atoms with Crippen molar-refractivity contribution in [1.29, 1.82) is 0 Å². The van der Waals surface area contributed by atoms with E-state index in [9.17, 15) is 13.2 Å². The molecule has 0 aromatic heterocycles. The fourth-order valence-electron chi connectivity index (χ4n) is 6.26. The molecule has 0 spiro atoms. The molecule has 37 heavy (non-hydrogen) atoms. The molecule has 1 fully saturated rings. The fourth-order valence-corrected chi connectivity index (χ4v) is 6.26. The minimum atomic E-state index is -4.74. The van der Waals surface area contributed by atoms with Crippen LogP contribution in [-0.2, 0) is 0 Å². The van der Waals surface area contributed by atoms with E-state index in [1.54, 1.807) is 6.07 Å². The van der Waals surface area contributed by atoms with Crippen molar-refractivity contribution in [3.63, 3.8) is 0 Å². The van der Waals surface area contributed by atoms with Crippen molar-refractivity contribution in [2.45, 2.75) is 83.9 Å². The van der Waals surface area contributed by atoms with Gasteiger partial charge in [0.2, 0.25) is 0 Å². The third kappa shape index (κ3) is 7.18. The lowest BCUT2D eigenvalue weighted by molar-refractivity contribution is -0.274. The Hall–Kier alpha value is -2.75. The zero-order valence-electron chi connectivity index (χ0n) is 22.1. The highest BCUT2D eigenvalue weighted by molar-refractivity contribution is 5.74. The molecule has 198 valence electrons. The number of hydrogen-bond donors (Lipinski definition) is 0. The van der Waals surface area contributed by atoms with Gasteiger partial charge in [0.05, 0.1) is 0 Å². The predicted molar refractivity (Wildman–Crippen MR) is 147 cm³/mol. The van der Waals surface area contributed by atoms with Crippen LogP contribution in [0.3, 0.4) is 0 Å². The third-order valence-corrected chi connectivity index (χ3v) is 8.07. The van der Waals surface area contributed by atoms with Crippen molar-refractivity contribution in [2.24, 2.45) is 11.8 Å². The largest absolute Gasteiger partial charge is 0.573 e. The van der Waals surface area contributed by atoms with E-state index in [0.717, 1.165) is 29.5 Å². The van der Waals surface area contributed by atoms with Crippen LogP contribution in [0.4, 0.5) is 13.2 Å². The Morgan fingerprint density at radius 3 is 2.16 bits per heavy atom. The van der Waals surface area contributed by atoms with Crippen molar-refractivity contribution < 1.29 is 17.9 Å². The smallest absolute Gasteiger partial charge is 0.405 e. The van der Waals surface area contributed by atoms with Crippen LogP contribution in [0.5, 0.6) is 5.75 Å². The number of unbranched alkanes of at least 4 members (excludes halogenated alkanes) is 2. The van der Waals surface area contributed by atoms with Crippen molar-refractivity contribution in [2.75, 3.05) is 0 Å². The van der Waals surface area contributed by atoms with Gasteiger partial charge >= 0.3 is 6.36 Å². The summed E-state index contributed by atoms with van der Waals surface area (Å²) in [5, 5.41) is 0. The number of halogens is 3. The van der Waals surface area contributed by atoms with Crippen molar-refractivity contribution in [1.82, 2.24) is 0 Å². The molecule has 0 N–H and O–H groups in total. The summed E-state index contributed by atoms with van der Waals surface area (Å²) >= 11 is 0. The van der Waals surface area contributed by atoms with Gasteiger partial charge in [0, 0.05) is 5.56 Å². The molecule has 0 aliphatic heterocycles. The van der Waals surface area contributed by atoms with Crippen LogP contribution in [0, 0.1) is 11.8 Å². The highest BCUT2D eigenvalue weighted by atomic mass is 19.4. The summed E-state index contributed by atoms with van der Waals surface area (Å²) in [6, 6.07) is 23.1. The molecule has 0 radical (unpaired) electrons. The number of rotatable bonds is 10. The van der Waals surface area contributed by atoms with Crippen LogP contribution in [0.15, 0.2) is 72.8 Å². The lowest BCUT2D eigenvalue weighted by Crippen LogP contribution is -2.26. The average molecular weight is 509 g/mol. The first-order chi connectivity index (χ1) is 17.9. The Bertz CT molecular complexity index is 1100. The third-order valence-electron chi connectivity index (χ3n) is 8.07. The quantitative estimate of drug-likeness (QED) is 0.247. The molecule has 3 atom stereocenters. The van der Waals surface area contributed by atoms with Crippen molar-refractivity contribution >= 4 is 0 Å². The molecule has 3 aromatic rings. The number of benzene rings is 3. The van der Waals surface area contributed by atoms with Crippen LogP contribution in [0.25, 0.3) is 22.3 Å². The van der Waals surface area contributed by atoms with Crippen LogP contribution in [0.2, 0.25) is 0 Å². The van der Waals surface area contributed by atoms with Crippen LogP contribution < -0.4 is 4.74 Å². The lowest BCUT2D eigenvalue weighted by atomic mass is 9.68. The Kier molecular flexibility index (Phi) is 9.34. The van der Waals surface area contributed by atoms with E-state index in [1.165, 1.54) is 44.9 Å². The highest BCUT2D eigenvalue weighted by Gasteiger charge is 2.35. The molecule has 3 unspecified atom stereocenters. The van der Waals surface area contributed by atoms with E-state index in [4.69, 9.17) is 0 Å². The van der Waals surface area contributed by atoms with Gasteiger partial charge in [-0.05, 0) is 58.9 Å². The summed E-state index contributed by atoms with van der Waals surface area (Å²) < 4.78 is 45.1. The maximum atomic E-state index is 13.5. The van der Waals surface area contributed by atoms with Gasteiger partial charge in [-0.25, -0.2) is 0 Å². The van der Waals surface area contributed by atoms with Crippen LogP contribution in [-0.4, -0.2) is 6.36 Å². The highest BCUT2D eigenvalue weighted by Crippen LogP contribution is 2.46. The molecule has 1 aliphatic rings. The standard InChI is InChI=1S/C33H39F3O/c1-3-5-7-14-26-15-10-11-16-30(26)29(4-2)28-21-22-31(32(23-28)37-33(34,35)36)27-19-17-25(18-20-27)24-12-8-6-9-13-24/h6,8-9,12-13,17-23,26,29-30H,3-5,7,10-11,14-16H2,1-2H3. The lowest BCUT2D eigenvalue weighted by Gasteiger charge is -2.37. The minimum absolute atomic E-state index is 0.103. The Labute approximate surface area is 220 Å². The van der Waals surface area contributed by atoms with Gasteiger partial charge in [0.15, 0.2) is 0 Å². The first-order valence-corrected chi connectivity index (χ1v) is 13.9. The summed E-state index contributed by atoms with van der Waals surface area (Å²) in [5.74, 6) is 1.32. The SMILES string of the molecule is CCCCCC1CCCCC1C(CC)c1ccc(-c2ccc(-c3ccccc3)cc2)c(OC(F)(F)F)c1. The predicted octanol–water partition coefficient (Wildman–Crippen LogP) is 10.8. The molecule has 4 rings (SSSR count). The van der Waals surface area contributed by atoms with E-state index in [2.05, 4.69) is 18.6 Å². The van der Waals surface area contributed by atoms with E-state index in [-0.39, 0.29) is 11.7 Å². The Balaban J connectivity index is 1.65. The second-order valence-electron chi connectivity index (χ2n) is 10.5. The van der Waals surface area contributed by atoms with Crippen molar-refractivity contribution in [3.8, 4) is 28.0 Å². The van der Waals surface area contributed by atoms with Crippen molar-refractivity contribution in [3.05, 3.63) is 78.4 Å². The van der Waals surface area contributed by atoms with E-state index in [1.807, 2.05) is 66.7 Å². The summed E-state index contributed by atoms with van der Waals surface area (Å²) in [6.07, 6.45) is 5.99. The zero-order valence-corrected chi connectivity index (χ0v) is 22.1. The van der Waals surface area contributed by atoms with E-state index < -0.39 is 6.36 Å². The summed E-state index contributed by atoms with van der Waals surface area (Å²) in [5.41, 5.74) is 4.26. The van der Waals surface area contributed by atoms with Gasteiger partial charge < -0.3 is 4.74 Å². The van der Waals surface area contributed by atoms with Gasteiger partial charge in [-0.1, -0.05) is 126 Å². The molecule has 3 aromatic carbocycles. The van der Waals surface area contributed by atoms with Gasteiger partial charge in [-0.15, -0.1) is 13.2 Å². The average Bonchev–Trinajstić information content (AvgIpc) is 2.90. The molecule has 0 saturated heterocycles. The molecule has 1 nitrogen and oxygen atoms in total. The number of ether oxygens (including phenoxy) is 1. The Morgan fingerprint density at radius 2 is 1.49 bits per heavy atom. The first kappa shape index (κ1) is 27.3. The van der Waals surface area contributed by atoms with Gasteiger partial charge in [0.1, 0.15) is 5.75 Å². The molecule has 4 heteroatoms. The maximum absolute atomic E-state index is 13.5. The second-order valence-corrected chi connectivity index (χ2v) is 10.5. The number of hydrogen-bond acceptors (Lipinski definition) is 1.